The SMILES string of the molecule is CCN(C)C(=O)c1cccc(Br)n1. The van der Waals surface area contributed by atoms with Gasteiger partial charge in [0.05, 0.1) is 0 Å². The number of aromatic nitrogens is 1. The maximum Gasteiger partial charge on any atom is 0.272 e. The minimum Gasteiger partial charge on any atom is -0.341 e. The van der Waals surface area contributed by atoms with Gasteiger partial charge in [0.25, 0.3) is 5.91 Å². The van der Waals surface area contributed by atoms with E-state index in [1.54, 1.807) is 30.1 Å². The summed E-state index contributed by atoms with van der Waals surface area (Å²) in [4.78, 5) is 17.3. The van der Waals surface area contributed by atoms with E-state index in [9.17, 15) is 4.79 Å². The van der Waals surface area contributed by atoms with Crippen molar-refractivity contribution < 1.29 is 4.79 Å². The van der Waals surface area contributed by atoms with Crippen molar-refractivity contribution in [1.82, 2.24) is 9.88 Å². The molecule has 0 aliphatic rings. The number of carbonyl (C=O) groups excluding carboxylic acids is 1. The summed E-state index contributed by atoms with van der Waals surface area (Å²) in [7, 11) is 1.75. The number of amides is 1. The molecule has 1 aromatic heterocycles. The second-order valence-corrected chi connectivity index (χ2v) is 3.48. The minimum absolute atomic E-state index is 0.0520. The van der Waals surface area contributed by atoms with Crippen LogP contribution >= 0.6 is 15.9 Å². The van der Waals surface area contributed by atoms with Crippen molar-refractivity contribution in [2.24, 2.45) is 0 Å². The molecule has 1 amide bonds. The summed E-state index contributed by atoms with van der Waals surface area (Å²) in [6, 6.07) is 5.30. The quantitative estimate of drug-likeness (QED) is 0.743. The van der Waals surface area contributed by atoms with Gasteiger partial charge in [-0.2, -0.15) is 0 Å². The number of hydrogen-bond donors (Lipinski definition) is 0. The lowest BCUT2D eigenvalue weighted by Gasteiger charge is -2.13. The Morgan fingerprint density at radius 2 is 2.31 bits per heavy atom. The van der Waals surface area contributed by atoms with Gasteiger partial charge in [0.15, 0.2) is 0 Å². The first-order valence-corrected chi connectivity index (χ1v) is 4.82. The van der Waals surface area contributed by atoms with Crippen molar-refractivity contribution in [3.63, 3.8) is 0 Å². The molecule has 70 valence electrons. The summed E-state index contributed by atoms with van der Waals surface area (Å²) in [5.74, 6) is -0.0520. The summed E-state index contributed by atoms with van der Waals surface area (Å²) in [6.07, 6.45) is 0. The van der Waals surface area contributed by atoms with Crippen LogP contribution in [0.25, 0.3) is 0 Å². The van der Waals surface area contributed by atoms with Crippen LogP contribution in [0, 0.1) is 0 Å². The summed E-state index contributed by atoms with van der Waals surface area (Å²) in [5, 5.41) is 0. The van der Waals surface area contributed by atoms with Gasteiger partial charge in [-0.05, 0) is 35.0 Å². The van der Waals surface area contributed by atoms with Crippen molar-refractivity contribution in [2.75, 3.05) is 13.6 Å². The third kappa shape index (κ3) is 2.52. The Bertz CT molecular complexity index is 314. The molecule has 1 heterocycles. The zero-order valence-corrected chi connectivity index (χ0v) is 9.21. The van der Waals surface area contributed by atoms with Gasteiger partial charge in [-0.3, -0.25) is 4.79 Å². The molecule has 0 N–H and O–H groups in total. The first-order chi connectivity index (χ1) is 6.15. The number of nitrogens with zero attached hydrogens (tertiary/aromatic N) is 2. The molecule has 0 unspecified atom stereocenters. The Hall–Kier alpha value is -0.900. The van der Waals surface area contributed by atoms with Gasteiger partial charge in [0, 0.05) is 13.6 Å². The standard InChI is InChI=1S/C9H11BrN2O/c1-3-12(2)9(13)7-5-4-6-8(10)11-7/h4-6H,3H2,1-2H3. The van der Waals surface area contributed by atoms with Crippen LogP contribution in [0.2, 0.25) is 0 Å². The van der Waals surface area contributed by atoms with E-state index >= 15 is 0 Å². The summed E-state index contributed by atoms with van der Waals surface area (Å²) >= 11 is 3.22. The van der Waals surface area contributed by atoms with Crippen molar-refractivity contribution in [2.45, 2.75) is 6.92 Å². The van der Waals surface area contributed by atoms with E-state index in [4.69, 9.17) is 0 Å². The van der Waals surface area contributed by atoms with Gasteiger partial charge >= 0.3 is 0 Å². The lowest BCUT2D eigenvalue weighted by atomic mass is 10.3. The summed E-state index contributed by atoms with van der Waals surface area (Å²) in [5.41, 5.74) is 0.471. The van der Waals surface area contributed by atoms with Gasteiger partial charge in [-0.25, -0.2) is 4.98 Å². The van der Waals surface area contributed by atoms with Crippen LogP contribution < -0.4 is 0 Å². The topological polar surface area (TPSA) is 33.2 Å². The molecule has 0 bridgehead atoms. The van der Waals surface area contributed by atoms with Crippen LogP contribution in [0.15, 0.2) is 22.8 Å². The van der Waals surface area contributed by atoms with E-state index < -0.39 is 0 Å². The minimum atomic E-state index is -0.0520. The van der Waals surface area contributed by atoms with Crippen LogP contribution in [0.3, 0.4) is 0 Å². The monoisotopic (exact) mass is 242 g/mol. The lowest BCUT2D eigenvalue weighted by molar-refractivity contribution is 0.0796. The Kier molecular flexibility index (Phi) is 3.42. The van der Waals surface area contributed by atoms with Crippen LogP contribution in [-0.2, 0) is 0 Å². The molecule has 0 aliphatic carbocycles. The average molecular weight is 243 g/mol. The van der Waals surface area contributed by atoms with Crippen molar-refractivity contribution in [1.29, 1.82) is 0 Å². The molecule has 0 radical (unpaired) electrons. The van der Waals surface area contributed by atoms with Crippen molar-refractivity contribution in [3.8, 4) is 0 Å². The zero-order chi connectivity index (χ0) is 9.84. The molecule has 0 saturated carbocycles. The van der Waals surface area contributed by atoms with Crippen LogP contribution in [0.1, 0.15) is 17.4 Å². The van der Waals surface area contributed by atoms with Crippen LogP contribution in [-0.4, -0.2) is 29.4 Å². The van der Waals surface area contributed by atoms with Crippen LogP contribution in [0.5, 0.6) is 0 Å². The number of rotatable bonds is 2. The third-order valence-corrected chi connectivity index (χ3v) is 2.20. The van der Waals surface area contributed by atoms with E-state index in [1.165, 1.54) is 0 Å². The Morgan fingerprint density at radius 3 is 2.85 bits per heavy atom. The Balaban J connectivity index is 2.89. The second-order valence-electron chi connectivity index (χ2n) is 2.66. The van der Waals surface area contributed by atoms with Crippen LogP contribution in [0.4, 0.5) is 0 Å². The first-order valence-electron chi connectivity index (χ1n) is 4.03. The van der Waals surface area contributed by atoms with Gasteiger partial charge in [-0.1, -0.05) is 6.07 Å². The number of hydrogen-bond acceptors (Lipinski definition) is 2. The average Bonchev–Trinajstić information content (AvgIpc) is 2.15. The Labute approximate surface area is 85.9 Å². The molecule has 13 heavy (non-hydrogen) atoms. The number of halogens is 1. The molecule has 4 heteroatoms. The molecule has 0 saturated heterocycles. The molecule has 0 fully saturated rings. The highest BCUT2D eigenvalue weighted by atomic mass is 79.9. The van der Waals surface area contributed by atoms with Crippen molar-refractivity contribution in [3.05, 3.63) is 28.5 Å². The van der Waals surface area contributed by atoms with Gasteiger partial charge < -0.3 is 4.90 Å². The van der Waals surface area contributed by atoms with E-state index in [-0.39, 0.29) is 5.91 Å². The molecule has 1 aromatic rings. The maximum absolute atomic E-state index is 11.6. The second kappa shape index (κ2) is 4.37. The molecule has 1 rings (SSSR count). The fraction of sp³-hybridized carbons (Fsp3) is 0.333. The first kappa shape index (κ1) is 10.2. The molecular formula is C9H11BrN2O. The smallest absolute Gasteiger partial charge is 0.272 e. The predicted octanol–water partition coefficient (Wildman–Crippen LogP) is 1.94. The number of carbonyl (C=O) groups is 1. The highest BCUT2D eigenvalue weighted by molar-refractivity contribution is 9.10. The fourth-order valence-corrected chi connectivity index (χ4v) is 1.21. The molecule has 0 spiro atoms. The maximum atomic E-state index is 11.6. The highest BCUT2D eigenvalue weighted by Gasteiger charge is 2.10. The highest BCUT2D eigenvalue weighted by Crippen LogP contribution is 2.07. The zero-order valence-electron chi connectivity index (χ0n) is 7.62. The van der Waals surface area contributed by atoms with E-state index in [0.717, 1.165) is 0 Å². The van der Waals surface area contributed by atoms with Gasteiger partial charge in [0.2, 0.25) is 0 Å². The fourth-order valence-electron chi connectivity index (χ4n) is 0.867. The van der Waals surface area contributed by atoms with Gasteiger partial charge in [-0.15, -0.1) is 0 Å². The number of pyridine rings is 1. The van der Waals surface area contributed by atoms with E-state index in [1.807, 2.05) is 6.92 Å². The van der Waals surface area contributed by atoms with Crippen molar-refractivity contribution >= 4 is 21.8 Å². The van der Waals surface area contributed by atoms with E-state index in [2.05, 4.69) is 20.9 Å². The normalized spacial score (nSPS) is 9.77. The largest absolute Gasteiger partial charge is 0.341 e. The van der Waals surface area contributed by atoms with Gasteiger partial charge in [0.1, 0.15) is 10.3 Å². The summed E-state index contributed by atoms with van der Waals surface area (Å²) in [6.45, 7) is 2.61. The molecule has 0 aromatic carbocycles. The summed E-state index contributed by atoms with van der Waals surface area (Å²) < 4.78 is 0.683. The lowest BCUT2D eigenvalue weighted by Crippen LogP contribution is -2.26. The molecule has 0 aliphatic heterocycles. The molecular weight excluding hydrogens is 232 g/mol. The molecule has 0 atom stereocenters. The predicted molar refractivity (Wildman–Crippen MR) is 54.6 cm³/mol. The third-order valence-electron chi connectivity index (χ3n) is 1.76. The van der Waals surface area contributed by atoms with E-state index in [0.29, 0.717) is 16.8 Å². The molecule has 3 nitrogen and oxygen atoms in total. The Morgan fingerprint density at radius 1 is 1.62 bits per heavy atom.